The number of rotatable bonds is 4. The summed E-state index contributed by atoms with van der Waals surface area (Å²) in [5.41, 5.74) is 2.43. The van der Waals surface area contributed by atoms with Gasteiger partial charge < -0.3 is 14.0 Å². The number of amides is 1. The Bertz CT molecular complexity index is 766. The van der Waals surface area contributed by atoms with Gasteiger partial charge >= 0.3 is 0 Å². The Morgan fingerprint density at radius 2 is 2.12 bits per heavy atom. The maximum absolute atomic E-state index is 13.3. The predicted molar refractivity (Wildman–Crippen MR) is 100 cm³/mol. The normalized spacial score (nSPS) is 22.0. The van der Waals surface area contributed by atoms with Crippen LogP contribution < -0.4 is 0 Å². The molecule has 6 nitrogen and oxygen atoms in total. The number of nitrogens with zero attached hydrogens (tertiary/aromatic N) is 4. The number of ether oxygens (including phenoxy) is 1. The first-order chi connectivity index (χ1) is 12.7. The number of imidazole rings is 1. The molecule has 2 aromatic heterocycles. The van der Waals surface area contributed by atoms with Crippen LogP contribution in [0, 0.1) is 6.92 Å². The van der Waals surface area contributed by atoms with Crippen molar-refractivity contribution in [3.05, 3.63) is 35.8 Å². The molecule has 0 spiro atoms. The first kappa shape index (κ1) is 17.5. The lowest BCUT2D eigenvalue weighted by Crippen LogP contribution is -2.46. The summed E-state index contributed by atoms with van der Waals surface area (Å²) in [4.78, 5) is 22.4. The molecule has 4 rings (SSSR count). The zero-order valence-corrected chi connectivity index (χ0v) is 15.6. The molecule has 26 heavy (non-hydrogen) atoms. The van der Waals surface area contributed by atoms with Crippen LogP contribution in [0.1, 0.15) is 41.7 Å². The molecular formula is C20H28N4O2. The second kappa shape index (κ2) is 7.76. The van der Waals surface area contributed by atoms with Crippen molar-refractivity contribution in [2.24, 2.45) is 0 Å². The van der Waals surface area contributed by atoms with Crippen LogP contribution in [0.3, 0.4) is 0 Å². The van der Waals surface area contributed by atoms with Crippen LogP contribution in [0.2, 0.25) is 0 Å². The molecule has 6 heteroatoms. The van der Waals surface area contributed by atoms with Gasteiger partial charge in [-0.3, -0.25) is 9.69 Å². The van der Waals surface area contributed by atoms with E-state index in [0.717, 1.165) is 75.6 Å². The molecule has 0 bridgehead atoms. The van der Waals surface area contributed by atoms with Gasteiger partial charge in [-0.1, -0.05) is 0 Å². The predicted octanol–water partition coefficient (Wildman–Crippen LogP) is 2.36. The zero-order valence-electron chi connectivity index (χ0n) is 15.6. The van der Waals surface area contributed by atoms with Gasteiger partial charge in [0.1, 0.15) is 5.65 Å². The average Bonchev–Trinajstić information content (AvgIpc) is 3.07. The first-order valence-corrected chi connectivity index (χ1v) is 9.78. The molecule has 4 heterocycles. The second-order valence-corrected chi connectivity index (χ2v) is 7.43. The zero-order chi connectivity index (χ0) is 17.9. The molecule has 0 radical (unpaired) electrons. The Balaban J connectivity index is 1.50. The smallest absolute Gasteiger partial charge is 0.257 e. The van der Waals surface area contributed by atoms with E-state index in [0.29, 0.717) is 6.04 Å². The molecule has 2 aliphatic heterocycles. The fraction of sp³-hybridized carbons (Fsp3) is 0.600. The van der Waals surface area contributed by atoms with Crippen LogP contribution in [0.4, 0.5) is 0 Å². The van der Waals surface area contributed by atoms with Crippen molar-refractivity contribution >= 4 is 11.6 Å². The summed E-state index contributed by atoms with van der Waals surface area (Å²) in [5, 5.41) is 0. The van der Waals surface area contributed by atoms with E-state index >= 15 is 0 Å². The number of carbonyl (C=O) groups is 1. The minimum absolute atomic E-state index is 0.132. The van der Waals surface area contributed by atoms with E-state index in [1.807, 2.05) is 35.9 Å². The van der Waals surface area contributed by atoms with E-state index < -0.39 is 0 Å². The number of hydrogen-bond acceptors (Lipinski definition) is 4. The molecule has 0 aromatic carbocycles. The molecule has 2 fully saturated rings. The molecular weight excluding hydrogens is 328 g/mol. The van der Waals surface area contributed by atoms with Gasteiger partial charge in [-0.15, -0.1) is 0 Å². The van der Waals surface area contributed by atoms with E-state index in [2.05, 4.69) is 14.8 Å². The molecule has 1 amide bonds. The fourth-order valence-corrected chi connectivity index (χ4v) is 4.18. The van der Waals surface area contributed by atoms with E-state index in [4.69, 9.17) is 4.74 Å². The minimum Gasteiger partial charge on any atom is -0.379 e. The topological polar surface area (TPSA) is 50.1 Å². The van der Waals surface area contributed by atoms with Crippen LogP contribution in [0.15, 0.2) is 24.5 Å². The molecule has 0 saturated carbocycles. The highest BCUT2D eigenvalue weighted by molar-refractivity contribution is 6.00. The Labute approximate surface area is 154 Å². The van der Waals surface area contributed by atoms with Crippen molar-refractivity contribution in [1.29, 1.82) is 0 Å². The van der Waals surface area contributed by atoms with Crippen LogP contribution in [-0.2, 0) is 4.74 Å². The summed E-state index contributed by atoms with van der Waals surface area (Å²) >= 11 is 0. The van der Waals surface area contributed by atoms with Gasteiger partial charge in [-0.05, 0) is 44.7 Å². The highest BCUT2D eigenvalue weighted by Gasteiger charge is 2.29. The number of morpholine rings is 1. The summed E-state index contributed by atoms with van der Waals surface area (Å²) in [6.45, 7) is 7.54. The van der Waals surface area contributed by atoms with Gasteiger partial charge in [-0.2, -0.15) is 0 Å². The van der Waals surface area contributed by atoms with Crippen molar-refractivity contribution in [1.82, 2.24) is 19.2 Å². The third-order valence-electron chi connectivity index (χ3n) is 5.60. The summed E-state index contributed by atoms with van der Waals surface area (Å²) in [6.07, 6.45) is 8.38. The molecule has 1 atom stereocenters. The van der Waals surface area contributed by atoms with Crippen LogP contribution in [0.5, 0.6) is 0 Å². The Kier molecular flexibility index (Phi) is 5.22. The van der Waals surface area contributed by atoms with E-state index in [1.165, 1.54) is 6.42 Å². The van der Waals surface area contributed by atoms with Crippen LogP contribution in [0.25, 0.3) is 5.65 Å². The number of carbonyl (C=O) groups excluding carboxylic acids is 1. The summed E-state index contributed by atoms with van der Waals surface area (Å²) < 4.78 is 7.39. The summed E-state index contributed by atoms with van der Waals surface area (Å²) in [6, 6.07) is 4.18. The van der Waals surface area contributed by atoms with Gasteiger partial charge in [0.2, 0.25) is 0 Å². The molecule has 0 unspecified atom stereocenters. The number of aryl methyl sites for hydroxylation is 1. The second-order valence-electron chi connectivity index (χ2n) is 7.43. The summed E-state index contributed by atoms with van der Waals surface area (Å²) in [7, 11) is 0. The number of likely N-dealkylation sites (tertiary alicyclic amines) is 1. The van der Waals surface area contributed by atoms with Gasteiger partial charge in [0.25, 0.3) is 5.91 Å². The number of fused-ring (bicyclic) bond motifs is 1. The molecule has 0 N–H and O–H groups in total. The lowest BCUT2D eigenvalue weighted by Gasteiger charge is -2.37. The lowest BCUT2D eigenvalue weighted by atomic mass is 9.98. The van der Waals surface area contributed by atoms with Crippen molar-refractivity contribution in [3.63, 3.8) is 0 Å². The largest absolute Gasteiger partial charge is 0.379 e. The molecule has 2 aliphatic rings. The van der Waals surface area contributed by atoms with E-state index in [9.17, 15) is 4.79 Å². The maximum Gasteiger partial charge on any atom is 0.257 e. The highest BCUT2D eigenvalue weighted by Crippen LogP contribution is 2.24. The van der Waals surface area contributed by atoms with E-state index in [1.54, 1.807) is 0 Å². The number of piperidine rings is 1. The summed E-state index contributed by atoms with van der Waals surface area (Å²) in [5.74, 6) is 0.132. The van der Waals surface area contributed by atoms with E-state index in [-0.39, 0.29) is 5.91 Å². The van der Waals surface area contributed by atoms with Crippen LogP contribution >= 0.6 is 0 Å². The Morgan fingerprint density at radius 3 is 2.96 bits per heavy atom. The molecule has 2 saturated heterocycles. The SMILES string of the molecule is Cc1cn2cccc(C(=O)N3CCCC[C@H]3CCN3CCOCC3)c2n1. The third kappa shape index (κ3) is 3.62. The van der Waals surface area contributed by atoms with Crippen LogP contribution in [-0.4, -0.2) is 70.5 Å². The van der Waals surface area contributed by atoms with Crippen molar-refractivity contribution < 1.29 is 9.53 Å². The maximum atomic E-state index is 13.3. The first-order valence-electron chi connectivity index (χ1n) is 9.78. The fourth-order valence-electron chi connectivity index (χ4n) is 4.18. The van der Waals surface area contributed by atoms with Gasteiger partial charge in [-0.25, -0.2) is 4.98 Å². The number of hydrogen-bond donors (Lipinski definition) is 0. The van der Waals surface area contributed by atoms with Crippen molar-refractivity contribution in [3.8, 4) is 0 Å². The average molecular weight is 356 g/mol. The molecule has 0 aliphatic carbocycles. The Hall–Kier alpha value is -1.92. The number of pyridine rings is 1. The third-order valence-corrected chi connectivity index (χ3v) is 5.60. The molecule has 140 valence electrons. The quantitative estimate of drug-likeness (QED) is 0.844. The monoisotopic (exact) mass is 356 g/mol. The van der Waals surface area contributed by atoms with Gasteiger partial charge in [0.15, 0.2) is 0 Å². The van der Waals surface area contributed by atoms with Gasteiger partial charge in [0.05, 0.1) is 24.5 Å². The Morgan fingerprint density at radius 1 is 1.27 bits per heavy atom. The van der Waals surface area contributed by atoms with Crippen molar-refractivity contribution in [2.45, 2.75) is 38.6 Å². The standard InChI is InChI=1S/C20H28N4O2/c1-16-15-23-8-4-6-18(19(23)21-16)20(25)24-9-3-2-5-17(24)7-10-22-11-13-26-14-12-22/h4,6,8,15,17H,2-3,5,7,9-14H2,1H3/t17-/m0/s1. The van der Waals surface area contributed by atoms with Gasteiger partial charge in [0, 0.05) is 44.6 Å². The number of aromatic nitrogens is 2. The van der Waals surface area contributed by atoms with Crippen molar-refractivity contribution in [2.75, 3.05) is 39.4 Å². The minimum atomic E-state index is 0.132. The lowest BCUT2D eigenvalue weighted by molar-refractivity contribution is 0.0296. The molecule has 2 aromatic rings. The highest BCUT2D eigenvalue weighted by atomic mass is 16.5.